The minimum atomic E-state index is -0.140. The van der Waals surface area contributed by atoms with Gasteiger partial charge in [0, 0.05) is 26.2 Å². The van der Waals surface area contributed by atoms with E-state index in [4.69, 9.17) is 4.74 Å². The number of rotatable bonds is 7. The van der Waals surface area contributed by atoms with E-state index in [0.717, 1.165) is 38.0 Å². The molecule has 1 fully saturated rings. The van der Waals surface area contributed by atoms with Crippen LogP contribution in [0.4, 0.5) is 0 Å². The van der Waals surface area contributed by atoms with Crippen molar-refractivity contribution in [2.45, 2.75) is 58.2 Å². The first-order valence-corrected chi connectivity index (χ1v) is 10.8. The summed E-state index contributed by atoms with van der Waals surface area (Å²) in [5.41, 5.74) is 3.65. The van der Waals surface area contributed by atoms with Gasteiger partial charge in [0.1, 0.15) is 5.75 Å². The van der Waals surface area contributed by atoms with E-state index < -0.39 is 0 Å². The molecule has 2 N–H and O–H groups in total. The largest absolute Gasteiger partial charge is 0.484 e. The molecule has 1 amide bonds. The number of amides is 1. The van der Waals surface area contributed by atoms with Crippen LogP contribution in [0.5, 0.6) is 5.75 Å². The molecule has 0 saturated carbocycles. The highest BCUT2D eigenvalue weighted by molar-refractivity contribution is 5.77. The highest BCUT2D eigenvalue weighted by Crippen LogP contribution is 2.24. The van der Waals surface area contributed by atoms with Crippen molar-refractivity contribution in [2.24, 2.45) is 0 Å². The molecule has 0 atom stereocenters. The smallest absolute Gasteiger partial charge is 0.258 e. The van der Waals surface area contributed by atoms with Crippen molar-refractivity contribution >= 4 is 5.91 Å². The number of hydrogen-bond donors (Lipinski definition) is 2. The maximum absolute atomic E-state index is 12.1. The Kier molecular flexibility index (Phi) is 7.51. The fourth-order valence-corrected chi connectivity index (χ4v) is 3.55. The Labute approximate surface area is 180 Å². The third kappa shape index (κ3) is 6.85. The van der Waals surface area contributed by atoms with Crippen LogP contribution in [-0.2, 0) is 23.3 Å². The fraction of sp³-hybridized carbons (Fsp3) is 0.480. The number of nitrogens with one attached hydrogen (secondary N) is 1. The Morgan fingerprint density at radius 2 is 1.63 bits per heavy atom. The summed E-state index contributed by atoms with van der Waals surface area (Å²) >= 11 is 0. The number of aliphatic hydroxyl groups excluding tert-OH is 1. The Bertz CT molecular complexity index is 802. The second-order valence-corrected chi connectivity index (χ2v) is 9.16. The summed E-state index contributed by atoms with van der Waals surface area (Å²) in [6.07, 6.45) is 1.57. The molecule has 1 aliphatic rings. The molecule has 2 aromatic carbocycles. The molecule has 0 bridgehead atoms. The number of hydrogen-bond acceptors (Lipinski definition) is 4. The van der Waals surface area contributed by atoms with Gasteiger partial charge in [0.2, 0.25) is 0 Å². The molecule has 0 unspecified atom stereocenters. The van der Waals surface area contributed by atoms with Crippen molar-refractivity contribution in [2.75, 3.05) is 19.7 Å². The standard InChI is InChI=1S/C25H34N2O3/c1-25(2,3)21-8-10-23(11-9-21)30-18-24(29)26-16-19-4-6-20(7-5-19)17-27-14-12-22(28)13-15-27/h4-11,22,28H,12-18H2,1-3H3,(H,26,29). The van der Waals surface area contributed by atoms with Crippen LogP contribution in [0.15, 0.2) is 48.5 Å². The van der Waals surface area contributed by atoms with E-state index in [9.17, 15) is 9.90 Å². The normalized spacial score (nSPS) is 15.7. The first kappa shape index (κ1) is 22.3. The van der Waals surface area contributed by atoms with E-state index in [0.29, 0.717) is 12.3 Å². The summed E-state index contributed by atoms with van der Waals surface area (Å²) in [5, 5.41) is 12.5. The van der Waals surface area contributed by atoms with Gasteiger partial charge in [-0.25, -0.2) is 0 Å². The van der Waals surface area contributed by atoms with Gasteiger partial charge in [0.25, 0.3) is 5.91 Å². The van der Waals surface area contributed by atoms with Crippen molar-refractivity contribution in [1.82, 2.24) is 10.2 Å². The highest BCUT2D eigenvalue weighted by Gasteiger charge is 2.17. The quantitative estimate of drug-likeness (QED) is 0.732. The Balaban J connectivity index is 1.39. The average Bonchev–Trinajstić information content (AvgIpc) is 2.73. The Morgan fingerprint density at radius 1 is 1.03 bits per heavy atom. The summed E-state index contributed by atoms with van der Waals surface area (Å²) in [5.74, 6) is 0.568. The van der Waals surface area contributed by atoms with Gasteiger partial charge in [-0.05, 0) is 47.1 Å². The summed E-state index contributed by atoms with van der Waals surface area (Å²) < 4.78 is 5.60. The first-order chi connectivity index (χ1) is 14.3. The van der Waals surface area contributed by atoms with Gasteiger partial charge in [-0.1, -0.05) is 57.2 Å². The lowest BCUT2D eigenvalue weighted by atomic mass is 9.87. The number of aliphatic hydroxyl groups is 1. The molecule has 0 aromatic heterocycles. The molecule has 1 saturated heterocycles. The summed E-state index contributed by atoms with van der Waals surface area (Å²) in [7, 11) is 0. The minimum Gasteiger partial charge on any atom is -0.484 e. The fourth-order valence-electron chi connectivity index (χ4n) is 3.55. The SMILES string of the molecule is CC(C)(C)c1ccc(OCC(=O)NCc2ccc(CN3CCC(O)CC3)cc2)cc1. The predicted molar refractivity (Wildman–Crippen MR) is 119 cm³/mol. The van der Waals surface area contributed by atoms with E-state index in [2.05, 4.69) is 55.3 Å². The number of piperidine rings is 1. The minimum absolute atomic E-state index is 0.00770. The summed E-state index contributed by atoms with van der Waals surface area (Å²) in [6, 6.07) is 16.2. The van der Waals surface area contributed by atoms with Crippen LogP contribution in [0, 0.1) is 0 Å². The lowest BCUT2D eigenvalue weighted by molar-refractivity contribution is -0.123. The third-order valence-electron chi connectivity index (χ3n) is 5.57. The van der Waals surface area contributed by atoms with Crippen LogP contribution >= 0.6 is 0 Å². The van der Waals surface area contributed by atoms with Crippen molar-refractivity contribution < 1.29 is 14.6 Å². The number of carbonyl (C=O) groups excluding carboxylic acids is 1. The van der Waals surface area contributed by atoms with Gasteiger partial charge in [-0.3, -0.25) is 9.69 Å². The zero-order valence-electron chi connectivity index (χ0n) is 18.4. The van der Waals surface area contributed by atoms with Gasteiger partial charge in [0.05, 0.1) is 6.10 Å². The number of ether oxygens (including phenoxy) is 1. The summed E-state index contributed by atoms with van der Waals surface area (Å²) in [4.78, 5) is 14.5. The monoisotopic (exact) mass is 410 g/mol. The van der Waals surface area contributed by atoms with Crippen LogP contribution in [0.3, 0.4) is 0 Å². The zero-order valence-corrected chi connectivity index (χ0v) is 18.4. The van der Waals surface area contributed by atoms with Crippen molar-refractivity contribution in [3.05, 3.63) is 65.2 Å². The number of benzene rings is 2. The third-order valence-corrected chi connectivity index (χ3v) is 5.57. The van der Waals surface area contributed by atoms with Crippen molar-refractivity contribution in [1.29, 1.82) is 0 Å². The van der Waals surface area contributed by atoms with E-state index >= 15 is 0 Å². The second-order valence-electron chi connectivity index (χ2n) is 9.16. The molecule has 0 spiro atoms. The van der Waals surface area contributed by atoms with Gasteiger partial charge in [-0.15, -0.1) is 0 Å². The van der Waals surface area contributed by atoms with Crippen LogP contribution in [0.2, 0.25) is 0 Å². The van der Waals surface area contributed by atoms with E-state index in [1.165, 1.54) is 11.1 Å². The maximum Gasteiger partial charge on any atom is 0.258 e. The molecule has 30 heavy (non-hydrogen) atoms. The molecule has 162 valence electrons. The average molecular weight is 411 g/mol. The predicted octanol–water partition coefficient (Wildman–Crippen LogP) is 3.64. The van der Waals surface area contributed by atoms with Gasteiger partial charge in [-0.2, -0.15) is 0 Å². The van der Waals surface area contributed by atoms with Crippen LogP contribution < -0.4 is 10.1 Å². The molecule has 3 rings (SSSR count). The molecule has 5 heteroatoms. The lowest BCUT2D eigenvalue weighted by Gasteiger charge is -2.29. The van der Waals surface area contributed by atoms with Gasteiger partial charge in [0.15, 0.2) is 6.61 Å². The van der Waals surface area contributed by atoms with Gasteiger partial charge < -0.3 is 15.2 Å². The van der Waals surface area contributed by atoms with Crippen LogP contribution in [-0.4, -0.2) is 41.7 Å². The number of carbonyl (C=O) groups is 1. The lowest BCUT2D eigenvalue weighted by Crippen LogP contribution is -2.35. The van der Waals surface area contributed by atoms with E-state index in [1.807, 2.05) is 24.3 Å². The first-order valence-electron chi connectivity index (χ1n) is 10.8. The van der Waals surface area contributed by atoms with Gasteiger partial charge >= 0.3 is 0 Å². The van der Waals surface area contributed by atoms with Crippen LogP contribution in [0.25, 0.3) is 0 Å². The maximum atomic E-state index is 12.1. The molecule has 0 aliphatic carbocycles. The molecule has 2 aromatic rings. The van der Waals surface area contributed by atoms with E-state index in [-0.39, 0.29) is 24.0 Å². The number of likely N-dealkylation sites (tertiary alicyclic amines) is 1. The number of nitrogens with zero attached hydrogens (tertiary/aromatic N) is 1. The van der Waals surface area contributed by atoms with Crippen molar-refractivity contribution in [3.8, 4) is 5.75 Å². The Morgan fingerprint density at radius 3 is 2.23 bits per heavy atom. The molecule has 1 heterocycles. The molecule has 5 nitrogen and oxygen atoms in total. The Hall–Kier alpha value is -2.37. The molecular weight excluding hydrogens is 376 g/mol. The summed E-state index contributed by atoms with van der Waals surface area (Å²) in [6.45, 7) is 9.79. The topological polar surface area (TPSA) is 61.8 Å². The molecule has 0 radical (unpaired) electrons. The zero-order chi connectivity index (χ0) is 21.6. The highest BCUT2D eigenvalue weighted by atomic mass is 16.5. The van der Waals surface area contributed by atoms with Crippen molar-refractivity contribution in [3.63, 3.8) is 0 Å². The molecular formula is C25H34N2O3. The molecule has 1 aliphatic heterocycles. The van der Waals surface area contributed by atoms with E-state index in [1.54, 1.807) is 0 Å². The second kappa shape index (κ2) is 10.1. The van der Waals surface area contributed by atoms with Crippen LogP contribution in [0.1, 0.15) is 50.3 Å².